The van der Waals surface area contributed by atoms with Crippen LogP contribution in [0.25, 0.3) is 0 Å². The van der Waals surface area contributed by atoms with Gasteiger partial charge in [-0.1, -0.05) is 6.92 Å². The lowest BCUT2D eigenvalue weighted by atomic mass is 10.2. The Balaban J connectivity index is 2.66. The van der Waals surface area contributed by atoms with Gasteiger partial charge in [0.15, 0.2) is 0 Å². The van der Waals surface area contributed by atoms with Crippen LogP contribution in [0.5, 0.6) is 0 Å². The number of rotatable bonds is 3. The highest BCUT2D eigenvalue weighted by Crippen LogP contribution is 2.03. The molecule has 13 heavy (non-hydrogen) atoms. The Hall–Kier alpha value is -1.38. The predicted molar refractivity (Wildman–Crippen MR) is 48.2 cm³/mol. The second-order valence-corrected chi connectivity index (χ2v) is 2.64. The Morgan fingerprint density at radius 3 is 3.00 bits per heavy atom. The SMILES string of the molecule is [CH]c1cncc(C(=O)OCCC)c1. The maximum absolute atomic E-state index is 11.2. The molecule has 0 aromatic carbocycles. The molecule has 0 atom stereocenters. The van der Waals surface area contributed by atoms with E-state index in [-0.39, 0.29) is 5.97 Å². The lowest BCUT2D eigenvalue weighted by molar-refractivity contribution is 0.0504. The Morgan fingerprint density at radius 1 is 1.62 bits per heavy atom. The van der Waals surface area contributed by atoms with Crippen LogP contribution in [0, 0.1) is 6.92 Å². The fourth-order valence-electron chi connectivity index (χ4n) is 0.847. The summed E-state index contributed by atoms with van der Waals surface area (Å²) in [6.45, 7) is 7.81. The number of esters is 1. The van der Waals surface area contributed by atoms with E-state index >= 15 is 0 Å². The molecule has 0 aliphatic heterocycles. The number of aromatic nitrogens is 1. The van der Waals surface area contributed by atoms with Gasteiger partial charge in [0.1, 0.15) is 0 Å². The molecular formula is C10H11NO2. The van der Waals surface area contributed by atoms with Crippen molar-refractivity contribution in [2.75, 3.05) is 6.61 Å². The largest absolute Gasteiger partial charge is 0.462 e. The van der Waals surface area contributed by atoms with E-state index in [1.54, 1.807) is 6.07 Å². The van der Waals surface area contributed by atoms with Gasteiger partial charge < -0.3 is 4.74 Å². The van der Waals surface area contributed by atoms with Crippen molar-refractivity contribution in [1.29, 1.82) is 0 Å². The minimum absolute atomic E-state index is 0.373. The summed E-state index contributed by atoms with van der Waals surface area (Å²) in [4.78, 5) is 15.0. The maximum Gasteiger partial charge on any atom is 0.339 e. The lowest BCUT2D eigenvalue weighted by Crippen LogP contribution is -2.06. The molecular weight excluding hydrogens is 166 g/mol. The maximum atomic E-state index is 11.2. The smallest absolute Gasteiger partial charge is 0.339 e. The monoisotopic (exact) mass is 177 g/mol. The highest BCUT2D eigenvalue weighted by atomic mass is 16.5. The van der Waals surface area contributed by atoms with Gasteiger partial charge in [0.05, 0.1) is 12.2 Å². The summed E-state index contributed by atoms with van der Waals surface area (Å²) >= 11 is 0. The summed E-state index contributed by atoms with van der Waals surface area (Å²) in [6.07, 6.45) is 3.73. The molecule has 1 heterocycles. The number of carbonyl (C=O) groups is 1. The summed E-state index contributed by atoms with van der Waals surface area (Å²) in [5.41, 5.74) is 0.861. The Kier molecular flexibility index (Phi) is 3.43. The zero-order chi connectivity index (χ0) is 9.68. The Morgan fingerprint density at radius 2 is 2.38 bits per heavy atom. The highest BCUT2D eigenvalue weighted by Gasteiger charge is 2.06. The Labute approximate surface area is 77.8 Å². The zero-order valence-corrected chi connectivity index (χ0v) is 7.49. The zero-order valence-electron chi connectivity index (χ0n) is 7.49. The number of nitrogens with zero attached hydrogens (tertiary/aromatic N) is 1. The van der Waals surface area contributed by atoms with Crippen molar-refractivity contribution in [2.45, 2.75) is 13.3 Å². The molecule has 1 rings (SSSR count). The van der Waals surface area contributed by atoms with Crippen LogP contribution in [-0.4, -0.2) is 17.6 Å². The van der Waals surface area contributed by atoms with Gasteiger partial charge in [-0.25, -0.2) is 4.79 Å². The van der Waals surface area contributed by atoms with Crippen molar-refractivity contribution in [2.24, 2.45) is 0 Å². The average Bonchev–Trinajstić information content (AvgIpc) is 2.14. The van der Waals surface area contributed by atoms with Crippen LogP contribution in [0.1, 0.15) is 29.3 Å². The highest BCUT2D eigenvalue weighted by molar-refractivity contribution is 5.89. The molecule has 0 fully saturated rings. The van der Waals surface area contributed by atoms with Gasteiger partial charge in [0.25, 0.3) is 0 Å². The van der Waals surface area contributed by atoms with Crippen molar-refractivity contribution < 1.29 is 9.53 Å². The van der Waals surface area contributed by atoms with Crippen molar-refractivity contribution in [3.05, 3.63) is 36.5 Å². The van der Waals surface area contributed by atoms with Gasteiger partial charge in [0.2, 0.25) is 0 Å². The summed E-state index contributed by atoms with van der Waals surface area (Å²) in [6, 6.07) is 1.55. The summed E-state index contributed by atoms with van der Waals surface area (Å²) in [5, 5.41) is 0. The van der Waals surface area contributed by atoms with Crippen molar-refractivity contribution in [1.82, 2.24) is 4.98 Å². The van der Waals surface area contributed by atoms with E-state index in [4.69, 9.17) is 11.7 Å². The predicted octanol–water partition coefficient (Wildman–Crippen LogP) is 1.71. The van der Waals surface area contributed by atoms with Crippen LogP contribution < -0.4 is 0 Å². The first-order valence-corrected chi connectivity index (χ1v) is 4.11. The van der Waals surface area contributed by atoms with Crippen LogP contribution in [0.3, 0.4) is 0 Å². The van der Waals surface area contributed by atoms with Crippen LogP contribution >= 0.6 is 0 Å². The number of hydrogen-bond acceptors (Lipinski definition) is 3. The summed E-state index contributed by atoms with van der Waals surface area (Å²) in [7, 11) is 0. The van der Waals surface area contributed by atoms with Gasteiger partial charge in [-0.3, -0.25) is 4.98 Å². The molecule has 0 aliphatic rings. The molecule has 3 heteroatoms. The molecule has 0 N–H and O–H groups in total. The minimum atomic E-state index is -0.373. The molecule has 1 aromatic rings. The van der Waals surface area contributed by atoms with Gasteiger partial charge >= 0.3 is 5.97 Å². The van der Waals surface area contributed by atoms with E-state index in [0.29, 0.717) is 17.7 Å². The van der Waals surface area contributed by atoms with Crippen molar-refractivity contribution in [3.63, 3.8) is 0 Å². The molecule has 0 bridgehead atoms. The summed E-state index contributed by atoms with van der Waals surface area (Å²) < 4.78 is 4.90. The molecule has 0 saturated heterocycles. The number of hydrogen-bond donors (Lipinski definition) is 0. The third kappa shape index (κ3) is 2.86. The minimum Gasteiger partial charge on any atom is -0.462 e. The van der Waals surface area contributed by atoms with E-state index in [0.717, 1.165) is 6.42 Å². The van der Waals surface area contributed by atoms with E-state index in [9.17, 15) is 4.79 Å². The van der Waals surface area contributed by atoms with Crippen molar-refractivity contribution in [3.8, 4) is 0 Å². The van der Waals surface area contributed by atoms with Gasteiger partial charge in [0, 0.05) is 19.3 Å². The second kappa shape index (κ2) is 4.60. The average molecular weight is 177 g/mol. The fraction of sp³-hybridized carbons (Fsp3) is 0.300. The first-order chi connectivity index (χ1) is 6.24. The first-order valence-electron chi connectivity index (χ1n) is 4.11. The fourth-order valence-corrected chi connectivity index (χ4v) is 0.847. The second-order valence-electron chi connectivity index (χ2n) is 2.64. The number of carbonyl (C=O) groups excluding carboxylic acids is 1. The molecule has 1 aromatic heterocycles. The topological polar surface area (TPSA) is 39.2 Å². The quantitative estimate of drug-likeness (QED) is 0.660. The molecule has 3 nitrogen and oxygen atoms in total. The number of ether oxygens (including phenoxy) is 1. The van der Waals surface area contributed by atoms with Gasteiger partial charge in [-0.15, -0.1) is 0 Å². The van der Waals surface area contributed by atoms with E-state index in [1.807, 2.05) is 6.92 Å². The third-order valence-corrected chi connectivity index (χ3v) is 1.43. The van der Waals surface area contributed by atoms with Crippen molar-refractivity contribution >= 4 is 5.97 Å². The van der Waals surface area contributed by atoms with Crippen LogP contribution in [0.15, 0.2) is 18.5 Å². The first kappa shape index (κ1) is 9.71. The molecule has 2 radical (unpaired) electrons. The van der Waals surface area contributed by atoms with Crippen LogP contribution in [0.2, 0.25) is 0 Å². The number of pyridine rings is 1. The molecule has 0 amide bonds. The normalized spacial score (nSPS) is 9.69. The van der Waals surface area contributed by atoms with Crippen LogP contribution in [-0.2, 0) is 4.74 Å². The molecule has 0 spiro atoms. The Bertz CT molecular complexity index is 297. The van der Waals surface area contributed by atoms with Crippen LogP contribution in [0.4, 0.5) is 0 Å². The standard InChI is InChI=1S/C10H11NO2/c1-3-4-13-10(12)9-5-8(2)6-11-7-9/h2,5-7H,3-4H2,1H3. The van der Waals surface area contributed by atoms with Gasteiger partial charge in [-0.05, 0) is 18.1 Å². The molecule has 0 saturated carbocycles. The summed E-state index contributed by atoms with van der Waals surface area (Å²) in [5.74, 6) is -0.373. The lowest BCUT2D eigenvalue weighted by Gasteiger charge is -2.02. The third-order valence-electron chi connectivity index (χ3n) is 1.43. The molecule has 0 aliphatic carbocycles. The molecule has 68 valence electrons. The molecule has 0 unspecified atom stereocenters. The van der Waals surface area contributed by atoms with E-state index in [2.05, 4.69) is 4.98 Å². The van der Waals surface area contributed by atoms with Gasteiger partial charge in [-0.2, -0.15) is 0 Å². The van der Waals surface area contributed by atoms with E-state index in [1.165, 1.54) is 12.4 Å². The van der Waals surface area contributed by atoms with E-state index < -0.39 is 0 Å².